The van der Waals surface area contributed by atoms with E-state index in [4.69, 9.17) is 13.6 Å². The maximum Gasteiger partial charge on any atom is 0.360 e. The van der Waals surface area contributed by atoms with Crippen LogP contribution in [0, 0.1) is 0 Å². The number of carbonyl (C=O) groups is 1. The maximum atomic E-state index is 11.9. The molecule has 0 atom stereocenters. The molecule has 7 heteroatoms. The number of carbonyl (C=O) groups excluding carboxylic acids is 1. The van der Waals surface area contributed by atoms with E-state index in [-0.39, 0.29) is 28.4 Å². The number of hydrogen-bond donors (Lipinski definition) is 0. The summed E-state index contributed by atoms with van der Waals surface area (Å²) in [5.41, 5.74) is -0.438. The Morgan fingerprint density at radius 2 is 2.14 bits per heavy atom. The number of unbranched alkanes of at least 4 members (excludes halogenated alkanes) is 1. The van der Waals surface area contributed by atoms with Crippen molar-refractivity contribution in [3.63, 3.8) is 0 Å². The van der Waals surface area contributed by atoms with Gasteiger partial charge in [-0.15, -0.1) is 0 Å². The normalized spacial score (nSPS) is 10.4. The minimum Gasteiger partial charge on any atom is -0.486 e. The Labute approximate surface area is 120 Å². The standard InChI is InChI=1S/C14H15NO6/c1-3-4-6-19-11-9(16)5-7-20-13(11)12-10(14(17)18-2)15-8-21-12/h5,7-8H,3-4,6H2,1-2H3. The molecule has 0 aliphatic rings. The summed E-state index contributed by atoms with van der Waals surface area (Å²) in [6.07, 6.45) is 3.98. The van der Waals surface area contributed by atoms with E-state index in [9.17, 15) is 9.59 Å². The van der Waals surface area contributed by atoms with Crippen molar-refractivity contribution in [1.82, 2.24) is 4.98 Å². The number of methoxy groups -OCH3 is 1. The molecule has 0 aromatic carbocycles. The lowest BCUT2D eigenvalue weighted by Gasteiger charge is -2.07. The quantitative estimate of drug-likeness (QED) is 0.595. The van der Waals surface area contributed by atoms with Gasteiger partial charge < -0.3 is 18.3 Å². The molecule has 2 rings (SSSR count). The first kappa shape index (κ1) is 14.8. The molecule has 0 radical (unpaired) electrons. The summed E-state index contributed by atoms with van der Waals surface area (Å²) in [7, 11) is 1.22. The lowest BCUT2D eigenvalue weighted by Crippen LogP contribution is -2.10. The summed E-state index contributed by atoms with van der Waals surface area (Å²) in [6.45, 7) is 2.36. The topological polar surface area (TPSA) is 91.8 Å². The van der Waals surface area contributed by atoms with Gasteiger partial charge in [0.2, 0.25) is 22.7 Å². The zero-order valence-electron chi connectivity index (χ0n) is 11.8. The average molecular weight is 293 g/mol. The lowest BCUT2D eigenvalue weighted by molar-refractivity contribution is 0.0595. The molecule has 0 N–H and O–H groups in total. The second kappa shape index (κ2) is 6.74. The molecule has 0 amide bonds. The van der Waals surface area contributed by atoms with E-state index in [1.165, 1.54) is 19.4 Å². The van der Waals surface area contributed by atoms with Crippen LogP contribution in [0.15, 0.2) is 32.4 Å². The van der Waals surface area contributed by atoms with Gasteiger partial charge in [-0.1, -0.05) is 13.3 Å². The number of aromatic nitrogens is 1. The van der Waals surface area contributed by atoms with E-state index in [0.29, 0.717) is 6.61 Å². The number of oxazole rings is 1. The van der Waals surface area contributed by atoms with Gasteiger partial charge in [0.25, 0.3) is 0 Å². The Hall–Kier alpha value is -2.57. The van der Waals surface area contributed by atoms with Gasteiger partial charge in [-0.2, -0.15) is 0 Å². The van der Waals surface area contributed by atoms with E-state index in [0.717, 1.165) is 19.2 Å². The van der Waals surface area contributed by atoms with Gasteiger partial charge in [0, 0.05) is 6.07 Å². The SMILES string of the molecule is CCCCOc1c(-c2ocnc2C(=O)OC)occc1=O. The summed E-state index contributed by atoms with van der Waals surface area (Å²) >= 11 is 0. The molecule has 2 aromatic heterocycles. The third-order valence-electron chi connectivity index (χ3n) is 2.73. The molecular weight excluding hydrogens is 278 g/mol. The van der Waals surface area contributed by atoms with E-state index < -0.39 is 5.97 Å². The van der Waals surface area contributed by atoms with Crippen LogP contribution < -0.4 is 10.2 Å². The van der Waals surface area contributed by atoms with Crippen LogP contribution in [-0.4, -0.2) is 24.7 Å². The number of esters is 1. The maximum absolute atomic E-state index is 11.9. The highest BCUT2D eigenvalue weighted by Gasteiger charge is 2.25. The largest absolute Gasteiger partial charge is 0.486 e. The molecule has 0 saturated carbocycles. The van der Waals surface area contributed by atoms with Crippen molar-refractivity contribution in [1.29, 1.82) is 0 Å². The van der Waals surface area contributed by atoms with Crippen LogP contribution in [0.5, 0.6) is 5.75 Å². The minimum absolute atomic E-state index is 0.00560. The van der Waals surface area contributed by atoms with Crippen molar-refractivity contribution >= 4 is 5.97 Å². The first-order valence-corrected chi connectivity index (χ1v) is 6.45. The predicted octanol–water partition coefficient (Wildman–Crippen LogP) is 2.26. The van der Waals surface area contributed by atoms with Gasteiger partial charge in [0.05, 0.1) is 20.0 Å². The molecule has 2 heterocycles. The van der Waals surface area contributed by atoms with Crippen LogP contribution in [0.4, 0.5) is 0 Å². The molecule has 0 aliphatic heterocycles. The smallest absolute Gasteiger partial charge is 0.360 e. The van der Waals surface area contributed by atoms with E-state index in [1.807, 2.05) is 6.92 Å². The van der Waals surface area contributed by atoms with Crippen molar-refractivity contribution in [3.8, 4) is 17.3 Å². The molecule has 7 nitrogen and oxygen atoms in total. The molecule has 0 saturated heterocycles. The number of hydrogen-bond acceptors (Lipinski definition) is 7. The molecule has 112 valence electrons. The molecule has 2 aromatic rings. The summed E-state index contributed by atoms with van der Waals surface area (Å²) < 4.78 is 20.5. The minimum atomic E-state index is -0.690. The van der Waals surface area contributed by atoms with Crippen LogP contribution in [0.1, 0.15) is 30.3 Å². The van der Waals surface area contributed by atoms with Crippen LogP contribution in [0.3, 0.4) is 0 Å². The van der Waals surface area contributed by atoms with E-state index in [2.05, 4.69) is 9.72 Å². The zero-order chi connectivity index (χ0) is 15.2. The molecule has 0 fully saturated rings. The highest BCUT2D eigenvalue weighted by atomic mass is 16.5. The lowest BCUT2D eigenvalue weighted by atomic mass is 10.2. The van der Waals surface area contributed by atoms with Gasteiger partial charge in [-0.25, -0.2) is 9.78 Å². The summed E-state index contributed by atoms with van der Waals surface area (Å²) in [6, 6.07) is 1.24. The highest BCUT2D eigenvalue weighted by molar-refractivity contribution is 5.93. The fourth-order valence-electron chi connectivity index (χ4n) is 1.67. The number of nitrogens with zero attached hydrogens (tertiary/aromatic N) is 1. The molecule has 0 unspecified atom stereocenters. The van der Waals surface area contributed by atoms with Crippen molar-refractivity contribution in [3.05, 3.63) is 34.6 Å². The van der Waals surface area contributed by atoms with Crippen molar-refractivity contribution in [2.75, 3.05) is 13.7 Å². The van der Waals surface area contributed by atoms with Crippen LogP contribution >= 0.6 is 0 Å². The van der Waals surface area contributed by atoms with E-state index >= 15 is 0 Å². The third-order valence-corrected chi connectivity index (χ3v) is 2.73. The summed E-state index contributed by atoms with van der Waals surface area (Å²) in [4.78, 5) is 27.3. The van der Waals surface area contributed by atoms with E-state index in [1.54, 1.807) is 0 Å². The average Bonchev–Trinajstić information content (AvgIpc) is 2.97. The predicted molar refractivity (Wildman–Crippen MR) is 72.2 cm³/mol. The molecule has 0 spiro atoms. The van der Waals surface area contributed by atoms with Crippen molar-refractivity contribution in [2.45, 2.75) is 19.8 Å². The fourth-order valence-corrected chi connectivity index (χ4v) is 1.67. The molecule has 21 heavy (non-hydrogen) atoms. The van der Waals surface area contributed by atoms with Gasteiger partial charge in [-0.05, 0) is 6.42 Å². The highest BCUT2D eigenvalue weighted by Crippen LogP contribution is 2.30. The van der Waals surface area contributed by atoms with Crippen LogP contribution in [0.2, 0.25) is 0 Å². The third kappa shape index (κ3) is 3.13. The number of rotatable bonds is 6. The monoisotopic (exact) mass is 293 g/mol. The first-order valence-electron chi connectivity index (χ1n) is 6.45. The summed E-state index contributed by atoms with van der Waals surface area (Å²) in [5, 5.41) is 0. The summed E-state index contributed by atoms with van der Waals surface area (Å²) in [5.74, 6) is -0.667. The van der Waals surface area contributed by atoms with Crippen molar-refractivity contribution in [2.24, 2.45) is 0 Å². The Morgan fingerprint density at radius 1 is 1.33 bits per heavy atom. The number of ether oxygens (including phenoxy) is 2. The first-order chi connectivity index (χ1) is 10.2. The van der Waals surface area contributed by atoms with Crippen LogP contribution in [0.25, 0.3) is 11.5 Å². The van der Waals surface area contributed by atoms with Gasteiger partial charge in [0.15, 0.2) is 12.1 Å². The van der Waals surface area contributed by atoms with Gasteiger partial charge in [-0.3, -0.25) is 4.79 Å². The Kier molecular flexibility index (Phi) is 4.76. The Morgan fingerprint density at radius 3 is 2.86 bits per heavy atom. The van der Waals surface area contributed by atoms with Gasteiger partial charge >= 0.3 is 5.97 Å². The fraction of sp³-hybridized carbons (Fsp3) is 0.357. The zero-order valence-corrected chi connectivity index (χ0v) is 11.8. The molecular formula is C14H15NO6. The van der Waals surface area contributed by atoms with Gasteiger partial charge in [0.1, 0.15) is 0 Å². The van der Waals surface area contributed by atoms with Crippen molar-refractivity contribution < 1.29 is 23.1 Å². The second-order valence-corrected chi connectivity index (χ2v) is 4.17. The Bertz CT molecular complexity index is 672. The molecule has 0 aliphatic carbocycles. The Balaban J connectivity index is 2.44. The molecule has 0 bridgehead atoms. The second-order valence-electron chi connectivity index (χ2n) is 4.17. The van der Waals surface area contributed by atoms with Crippen LogP contribution in [-0.2, 0) is 4.74 Å².